The van der Waals surface area contributed by atoms with E-state index in [2.05, 4.69) is 15.5 Å². The fourth-order valence-electron chi connectivity index (χ4n) is 1.14. The van der Waals surface area contributed by atoms with E-state index in [0.29, 0.717) is 10.8 Å². The molecule has 0 aliphatic rings. The molecule has 0 aliphatic heterocycles. The molecule has 88 valence electrons. The van der Waals surface area contributed by atoms with E-state index in [-0.39, 0.29) is 11.6 Å². The van der Waals surface area contributed by atoms with E-state index in [0.717, 1.165) is 11.8 Å². The van der Waals surface area contributed by atoms with Gasteiger partial charge in [0, 0.05) is 0 Å². The molecule has 0 radical (unpaired) electrons. The lowest BCUT2D eigenvalue weighted by atomic mass is 10.3. The summed E-state index contributed by atoms with van der Waals surface area (Å²) in [5.74, 6) is -1.45. The highest BCUT2D eigenvalue weighted by Gasteiger charge is 2.10. The van der Waals surface area contributed by atoms with Gasteiger partial charge < -0.3 is 5.11 Å². The van der Waals surface area contributed by atoms with Crippen LogP contribution in [0.5, 0.6) is 0 Å². The number of halogens is 1. The van der Waals surface area contributed by atoms with Crippen LogP contribution in [0.3, 0.4) is 0 Å². The summed E-state index contributed by atoms with van der Waals surface area (Å²) in [6.07, 6.45) is 0. The van der Waals surface area contributed by atoms with Gasteiger partial charge >= 0.3 is 5.97 Å². The van der Waals surface area contributed by atoms with Crippen molar-refractivity contribution in [1.82, 2.24) is 20.2 Å². The Balaban J connectivity index is 2.24. The highest BCUT2D eigenvalue weighted by atomic mass is 32.2. The van der Waals surface area contributed by atoms with Gasteiger partial charge in [0.05, 0.1) is 11.4 Å². The molecule has 2 aromatic rings. The van der Waals surface area contributed by atoms with Crippen LogP contribution in [0.4, 0.5) is 4.39 Å². The second-order valence-corrected chi connectivity index (χ2v) is 3.97. The first kappa shape index (κ1) is 11.5. The molecule has 0 fully saturated rings. The molecule has 0 saturated carbocycles. The summed E-state index contributed by atoms with van der Waals surface area (Å²) in [6.45, 7) is 0. The van der Waals surface area contributed by atoms with Crippen LogP contribution in [0.2, 0.25) is 0 Å². The minimum Gasteiger partial charge on any atom is -0.481 e. The van der Waals surface area contributed by atoms with E-state index in [1.165, 1.54) is 28.9 Å². The zero-order valence-electron chi connectivity index (χ0n) is 8.45. The maximum Gasteiger partial charge on any atom is 0.313 e. The summed E-state index contributed by atoms with van der Waals surface area (Å²) in [4.78, 5) is 10.4. The summed E-state index contributed by atoms with van der Waals surface area (Å²) in [5, 5.41) is 19.8. The van der Waals surface area contributed by atoms with Crippen molar-refractivity contribution in [3.8, 4) is 5.69 Å². The van der Waals surface area contributed by atoms with Crippen molar-refractivity contribution in [2.24, 2.45) is 0 Å². The average Bonchev–Trinajstić information content (AvgIpc) is 2.75. The molecule has 0 bridgehead atoms. The Kier molecular flexibility index (Phi) is 3.33. The maximum atomic E-state index is 12.7. The van der Waals surface area contributed by atoms with E-state index in [1.54, 1.807) is 0 Å². The van der Waals surface area contributed by atoms with Crippen LogP contribution in [0.1, 0.15) is 0 Å². The van der Waals surface area contributed by atoms with Gasteiger partial charge in [-0.05, 0) is 34.7 Å². The number of rotatable bonds is 4. The molecule has 0 saturated heterocycles. The number of aliphatic carboxylic acids is 1. The lowest BCUT2D eigenvalue weighted by Crippen LogP contribution is -2.02. The summed E-state index contributed by atoms with van der Waals surface area (Å²) in [5.41, 5.74) is 0.573. The zero-order chi connectivity index (χ0) is 12.3. The molecule has 6 nitrogen and oxygen atoms in total. The van der Waals surface area contributed by atoms with Crippen LogP contribution in [0.25, 0.3) is 5.69 Å². The third-order valence-electron chi connectivity index (χ3n) is 1.84. The fraction of sp³-hybridized carbons (Fsp3) is 0.111. The minimum absolute atomic E-state index is 0.137. The Bertz CT molecular complexity index is 528. The molecule has 0 spiro atoms. The van der Waals surface area contributed by atoms with Crippen molar-refractivity contribution in [1.29, 1.82) is 0 Å². The number of hydrogen-bond donors (Lipinski definition) is 1. The summed E-state index contributed by atoms with van der Waals surface area (Å²) >= 11 is 0.994. The normalized spacial score (nSPS) is 10.4. The van der Waals surface area contributed by atoms with Crippen molar-refractivity contribution >= 4 is 17.7 Å². The highest BCUT2D eigenvalue weighted by molar-refractivity contribution is 7.99. The molecular weight excluding hydrogens is 247 g/mol. The van der Waals surface area contributed by atoms with Gasteiger partial charge in [-0.25, -0.2) is 4.39 Å². The second kappa shape index (κ2) is 4.91. The van der Waals surface area contributed by atoms with E-state index in [9.17, 15) is 9.18 Å². The van der Waals surface area contributed by atoms with Gasteiger partial charge in [-0.1, -0.05) is 11.8 Å². The summed E-state index contributed by atoms with van der Waals surface area (Å²) in [7, 11) is 0. The van der Waals surface area contributed by atoms with Gasteiger partial charge in [-0.3, -0.25) is 4.79 Å². The minimum atomic E-state index is -0.955. The molecule has 0 amide bonds. The van der Waals surface area contributed by atoms with E-state index in [1.807, 2.05) is 0 Å². The number of tetrazole rings is 1. The van der Waals surface area contributed by atoms with Crippen LogP contribution >= 0.6 is 11.8 Å². The van der Waals surface area contributed by atoms with Crippen molar-refractivity contribution < 1.29 is 14.3 Å². The Morgan fingerprint density at radius 2 is 2.12 bits per heavy atom. The summed E-state index contributed by atoms with van der Waals surface area (Å²) < 4.78 is 14.1. The zero-order valence-corrected chi connectivity index (χ0v) is 9.26. The SMILES string of the molecule is O=C(O)CSc1nnnn1-c1ccc(F)cc1. The number of thioether (sulfide) groups is 1. The lowest BCUT2D eigenvalue weighted by Gasteiger charge is -2.02. The van der Waals surface area contributed by atoms with E-state index < -0.39 is 5.97 Å². The van der Waals surface area contributed by atoms with Crippen molar-refractivity contribution in [2.45, 2.75) is 5.16 Å². The third kappa shape index (κ3) is 2.78. The number of hydrogen-bond acceptors (Lipinski definition) is 5. The van der Waals surface area contributed by atoms with Crippen molar-refractivity contribution in [2.75, 3.05) is 5.75 Å². The first-order valence-corrected chi connectivity index (χ1v) is 5.54. The molecule has 0 aliphatic carbocycles. The van der Waals surface area contributed by atoms with Gasteiger partial charge in [0.15, 0.2) is 0 Å². The molecule has 0 atom stereocenters. The quantitative estimate of drug-likeness (QED) is 0.819. The molecule has 1 heterocycles. The largest absolute Gasteiger partial charge is 0.481 e. The second-order valence-electron chi connectivity index (χ2n) is 3.03. The topological polar surface area (TPSA) is 80.9 Å². The van der Waals surface area contributed by atoms with Gasteiger partial charge in [0.1, 0.15) is 5.82 Å². The van der Waals surface area contributed by atoms with Crippen LogP contribution in [0, 0.1) is 5.82 Å². The fourth-order valence-corrected chi connectivity index (χ4v) is 1.75. The predicted octanol–water partition coefficient (Wildman–Crippen LogP) is 0.978. The number of carbonyl (C=O) groups is 1. The number of nitrogens with zero attached hydrogens (tertiary/aromatic N) is 4. The first-order valence-electron chi connectivity index (χ1n) is 4.56. The Labute approximate surface area is 99.4 Å². The number of aromatic nitrogens is 4. The molecule has 8 heteroatoms. The van der Waals surface area contributed by atoms with Crippen LogP contribution in [-0.4, -0.2) is 37.0 Å². The Morgan fingerprint density at radius 3 is 2.76 bits per heavy atom. The molecule has 17 heavy (non-hydrogen) atoms. The lowest BCUT2D eigenvalue weighted by molar-refractivity contribution is -0.133. The van der Waals surface area contributed by atoms with Crippen molar-refractivity contribution in [3.63, 3.8) is 0 Å². The highest BCUT2D eigenvalue weighted by Crippen LogP contribution is 2.17. The molecule has 1 aromatic carbocycles. The van der Waals surface area contributed by atoms with E-state index >= 15 is 0 Å². The molecule has 1 aromatic heterocycles. The molecular formula is C9H7FN4O2S. The first-order chi connectivity index (χ1) is 8.16. The predicted molar refractivity (Wildman–Crippen MR) is 57.5 cm³/mol. The number of carboxylic acid groups (broad SMARTS) is 1. The van der Waals surface area contributed by atoms with Crippen LogP contribution in [-0.2, 0) is 4.79 Å². The van der Waals surface area contributed by atoms with Gasteiger partial charge in [-0.2, -0.15) is 4.68 Å². The van der Waals surface area contributed by atoms with Crippen molar-refractivity contribution in [3.05, 3.63) is 30.1 Å². The maximum absolute atomic E-state index is 12.7. The number of benzene rings is 1. The van der Waals surface area contributed by atoms with Gasteiger partial charge in [0.25, 0.3) is 0 Å². The summed E-state index contributed by atoms with van der Waals surface area (Å²) in [6, 6.07) is 5.58. The monoisotopic (exact) mass is 254 g/mol. The molecule has 2 rings (SSSR count). The van der Waals surface area contributed by atoms with Gasteiger partial charge in [-0.15, -0.1) is 5.10 Å². The Morgan fingerprint density at radius 1 is 1.41 bits per heavy atom. The third-order valence-corrected chi connectivity index (χ3v) is 2.74. The van der Waals surface area contributed by atoms with Crippen LogP contribution in [0.15, 0.2) is 29.4 Å². The van der Waals surface area contributed by atoms with Crippen LogP contribution < -0.4 is 0 Å². The van der Waals surface area contributed by atoms with Gasteiger partial charge in [0.2, 0.25) is 5.16 Å². The smallest absolute Gasteiger partial charge is 0.313 e. The molecule has 1 N–H and O–H groups in total. The Hall–Kier alpha value is -1.96. The van der Waals surface area contributed by atoms with E-state index in [4.69, 9.17) is 5.11 Å². The average molecular weight is 254 g/mol. The molecule has 0 unspecified atom stereocenters. The number of carboxylic acids is 1. The standard InChI is InChI=1S/C9H7FN4O2S/c10-6-1-3-7(4-2-6)14-9(11-12-13-14)17-5-8(15)16/h1-4H,5H2,(H,15,16).